The summed E-state index contributed by atoms with van der Waals surface area (Å²) in [4.78, 5) is 13.1. The second-order valence-electron chi connectivity index (χ2n) is 3.78. The quantitative estimate of drug-likeness (QED) is 0.715. The molecule has 0 aromatic carbocycles. The smallest absolute Gasteiger partial charge is 0.246 e. The summed E-state index contributed by atoms with van der Waals surface area (Å²) in [7, 11) is 0. The van der Waals surface area contributed by atoms with Crippen molar-refractivity contribution < 1.29 is 9.90 Å². The second kappa shape index (κ2) is 4.44. The second-order valence-corrected chi connectivity index (χ2v) is 3.78. The van der Waals surface area contributed by atoms with Gasteiger partial charge in [0.2, 0.25) is 5.91 Å². The average Bonchev–Trinajstić information content (AvgIpc) is 2.95. The summed E-state index contributed by atoms with van der Waals surface area (Å²) in [5, 5.41) is 16.6. The van der Waals surface area contributed by atoms with Crippen LogP contribution in [0.1, 0.15) is 18.2 Å². The summed E-state index contributed by atoms with van der Waals surface area (Å²) in [5.74, 6) is -0.0509. The summed E-state index contributed by atoms with van der Waals surface area (Å²) in [6.07, 6.45) is 3.89. The van der Waals surface area contributed by atoms with Gasteiger partial charge in [0.05, 0.1) is 18.8 Å². The molecule has 1 aliphatic heterocycles. The highest BCUT2D eigenvalue weighted by molar-refractivity contribution is 5.87. The lowest BCUT2D eigenvalue weighted by Crippen LogP contribution is -2.27. The van der Waals surface area contributed by atoms with Gasteiger partial charge in [-0.3, -0.25) is 4.79 Å². The minimum Gasteiger partial charge on any atom is -0.390 e. The fourth-order valence-corrected chi connectivity index (χ4v) is 1.85. The zero-order valence-electron chi connectivity index (χ0n) is 8.91. The van der Waals surface area contributed by atoms with Crippen LogP contribution in [0.2, 0.25) is 0 Å². The van der Waals surface area contributed by atoms with Crippen molar-refractivity contribution in [2.24, 2.45) is 0 Å². The van der Waals surface area contributed by atoms with Gasteiger partial charge in [-0.1, -0.05) is 11.8 Å². The standard InChI is InChI=1S/C10H14N4O2/c1-2-10(16)13-4-3-9(6-13)14-5-8(7-15)11-12-14/h2,5,9,15H,1,3-4,6-7H2. The van der Waals surface area contributed by atoms with Gasteiger partial charge >= 0.3 is 0 Å². The molecule has 1 atom stereocenters. The molecule has 2 rings (SSSR count). The van der Waals surface area contributed by atoms with E-state index in [4.69, 9.17) is 5.11 Å². The van der Waals surface area contributed by atoms with Crippen molar-refractivity contribution in [3.05, 3.63) is 24.5 Å². The number of likely N-dealkylation sites (tertiary alicyclic amines) is 1. The summed E-state index contributed by atoms with van der Waals surface area (Å²) >= 11 is 0. The van der Waals surface area contributed by atoms with Gasteiger partial charge in [-0.25, -0.2) is 4.68 Å². The maximum atomic E-state index is 11.4. The van der Waals surface area contributed by atoms with Crippen LogP contribution in [0.25, 0.3) is 0 Å². The average molecular weight is 222 g/mol. The molecule has 1 amide bonds. The number of aromatic nitrogens is 3. The first-order valence-electron chi connectivity index (χ1n) is 5.17. The molecule has 1 aliphatic rings. The molecule has 1 aromatic heterocycles. The molecule has 1 saturated heterocycles. The highest BCUT2D eigenvalue weighted by Crippen LogP contribution is 2.20. The van der Waals surface area contributed by atoms with Gasteiger partial charge in [0.1, 0.15) is 5.69 Å². The van der Waals surface area contributed by atoms with E-state index in [2.05, 4.69) is 16.9 Å². The molecular formula is C10H14N4O2. The molecule has 0 spiro atoms. The largest absolute Gasteiger partial charge is 0.390 e. The molecule has 1 aromatic rings. The minimum atomic E-state index is -0.109. The van der Waals surface area contributed by atoms with Gasteiger partial charge in [0.15, 0.2) is 0 Å². The Balaban J connectivity index is 2.03. The first kappa shape index (κ1) is 10.8. The molecule has 0 saturated carbocycles. The number of hydrogen-bond donors (Lipinski definition) is 1. The number of carbonyl (C=O) groups is 1. The predicted molar refractivity (Wildman–Crippen MR) is 56.4 cm³/mol. The molecule has 2 heterocycles. The molecule has 1 unspecified atom stereocenters. The normalized spacial score (nSPS) is 20.1. The van der Waals surface area contributed by atoms with Gasteiger partial charge in [-0.2, -0.15) is 0 Å². The van der Waals surface area contributed by atoms with E-state index in [1.54, 1.807) is 15.8 Å². The van der Waals surface area contributed by atoms with E-state index in [1.165, 1.54) is 6.08 Å². The molecule has 16 heavy (non-hydrogen) atoms. The van der Waals surface area contributed by atoms with E-state index in [0.717, 1.165) is 6.42 Å². The Labute approximate surface area is 93.2 Å². The van der Waals surface area contributed by atoms with E-state index in [1.807, 2.05) is 0 Å². The molecule has 0 aliphatic carbocycles. The van der Waals surface area contributed by atoms with Crippen molar-refractivity contribution in [1.29, 1.82) is 0 Å². The van der Waals surface area contributed by atoms with E-state index >= 15 is 0 Å². The van der Waals surface area contributed by atoms with Gasteiger partial charge < -0.3 is 10.0 Å². The maximum Gasteiger partial charge on any atom is 0.246 e. The molecule has 1 fully saturated rings. The van der Waals surface area contributed by atoms with Crippen molar-refractivity contribution in [2.45, 2.75) is 19.1 Å². The number of nitrogens with zero attached hydrogens (tertiary/aromatic N) is 4. The third-order valence-corrected chi connectivity index (χ3v) is 2.74. The molecule has 86 valence electrons. The summed E-state index contributed by atoms with van der Waals surface area (Å²) < 4.78 is 1.71. The highest BCUT2D eigenvalue weighted by Gasteiger charge is 2.26. The summed E-state index contributed by atoms with van der Waals surface area (Å²) in [6.45, 7) is 4.69. The number of carbonyl (C=O) groups excluding carboxylic acids is 1. The maximum absolute atomic E-state index is 11.4. The lowest BCUT2D eigenvalue weighted by Gasteiger charge is -2.13. The van der Waals surface area contributed by atoms with Crippen molar-refractivity contribution in [2.75, 3.05) is 13.1 Å². The lowest BCUT2D eigenvalue weighted by molar-refractivity contribution is -0.125. The first-order chi connectivity index (χ1) is 7.74. The number of aliphatic hydroxyl groups is 1. The lowest BCUT2D eigenvalue weighted by atomic mass is 10.3. The molecule has 0 bridgehead atoms. The van der Waals surface area contributed by atoms with E-state index in [9.17, 15) is 4.79 Å². The third-order valence-electron chi connectivity index (χ3n) is 2.74. The van der Waals surface area contributed by atoms with E-state index < -0.39 is 0 Å². The Morgan fingerprint density at radius 2 is 2.56 bits per heavy atom. The number of aliphatic hydroxyl groups excluding tert-OH is 1. The predicted octanol–water partition coefficient (Wildman–Crippen LogP) is -0.270. The topological polar surface area (TPSA) is 71.2 Å². The van der Waals surface area contributed by atoms with Crippen molar-refractivity contribution >= 4 is 5.91 Å². The molecule has 6 nitrogen and oxygen atoms in total. The Kier molecular flexibility index (Phi) is 3.00. The number of amides is 1. The van der Waals surface area contributed by atoms with Crippen LogP contribution in [0, 0.1) is 0 Å². The van der Waals surface area contributed by atoms with Crippen LogP contribution in [0.3, 0.4) is 0 Å². The molecular weight excluding hydrogens is 208 g/mol. The minimum absolute atomic E-state index is 0.0509. The third kappa shape index (κ3) is 1.96. The monoisotopic (exact) mass is 222 g/mol. The number of hydrogen-bond acceptors (Lipinski definition) is 4. The van der Waals surface area contributed by atoms with Crippen LogP contribution in [-0.2, 0) is 11.4 Å². The van der Waals surface area contributed by atoms with E-state index in [-0.39, 0.29) is 18.6 Å². The molecule has 1 N–H and O–H groups in total. The van der Waals surface area contributed by atoms with Crippen molar-refractivity contribution in [3.63, 3.8) is 0 Å². The Bertz CT molecular complexity index is 401. The van der Waals surface area contributed by atoms with Gasteiger partial charge in [0.25, 0.3) is 0 Å². The first-order valence-corrected chi connectivity index (χ1v) is 5.17. The number of rotatable bonds is 3. The van der Waals surface area contributed by atoms with Crippen molar-refractivity contribution in [1.82, 2.24) is 19.9 Å². The van der Waals surface area contributed by atoms with Crippen LogP contribution in [0.5, 0.6) is 0 Å². The van der Waals surface area contributed by atoms with Crippen LogP contribution < -0.4 is 0 Å². The van der Waals surface area contributed by atoms with Crippen LogP contribution in [0.4, 0.5) is 0 Å². The Hall–Kier alpha value is -1.69. The van der Waals surface area contributed by atoms with Gasteiger partial charge in [-0.15, -0.1) is 5.10 Å². The van der Waals surface area contributed by atoms with Crippen LogP contribution in [-0.4, -0.2) is 44.0 Å². The molecule has 0 radical (unpaired) electrons. The molecule has 6 heteroatoms. The fraction of sp³-hybridized carbons (Fsp3) is 0.500. The Morgan fingerprint density at radius 1 is 1.75 bits per heavy atom. The summed E-state index contributed by atoms with van der Waals surface area (Å²) in [5.41, 5.74) is 0.550. The zero-order valence-corrected chi connectivity index (χ0v) is 8.91. The highest BCUT2D eigenvalue weighted by atomic mass is 16.3. The zero-order chi connectivity index (χ0) is 11.5. The fourth-order valence-electron chi connectivity index (χ4n) is 1.85. The SMILES string of the molecule is C=CC(=O)N1CCC(n2cc(CO)nn2)C1. The van der Waals surface area contributed by atoms with Gasteiger partial charge in [-0.05, 0) is 12.5 Å². The van der Waals surface area contributed by atoms with Gasteiger partial charge in [0, 0.05) is 13.1 Å². The van der Waals surface area contributed by atoms with Crippen molar-refractivity contribution in [3.8, 4) is 0 Å². The van der Waals surface area contributed by atoms with Crippen LogP contribution >= 0.6 is 0 Å². The van der Waals surface area contributed by atoms with Crippen LogP contribution in [0.15, 0.2) is 18.9 Å². The van der Waals surface area contributed by atoms with E-state index in [0.29, 0.717) is 18.8 Å². The summed E-state index contributed by atoms with van der Waals surface area (Å²) in [6, 6.07) is 0.150. The Morgan fingerprint density at radius 3 is 3.19 bits per heavy atom.